The van der Waals surface area contributed by atoms with Crippen LogP contribution >= 0.6 is 0 Å². The van der Waals surface area contributed by atoms with Gasteiger partial charge in [0.2, 0.25) is 0 Å². The molecular formula is C23H31NO3. The molecule has 1 N–H and O–H groups in total. The van der Waals surface area contributed by atoms with E-state index >= 15 is 0 Å². The van der Waals surface area contributed by atoms with Crippen LogP contribution in [-0.4, -0.2) is 47.6 Å². The Morgan fingerprint density at radius 2 is 1.81 bits per heavy atom. The van der Waals surface area contributed by atoms with Crippen molar-refractivity contribution < 1.29 is 14.6 Å². The number of ketones is 1. The SMILES string of the molecule is CN(CC1C(O)CCC2C(=O)C(c3ccccc3)=COC21)C1CCCCC1. The van der Waals surface area contributed by atoms with Crippen LogP contribution in [0.1, 0.15) is 50.5 Å². The third-order valence-electron chi connectivity index (χ3n) is 6.81. The van der Waals surface area contributed by atoms with Gasteiger partial charge in [-0.3, -0.25) is 4.79 Å². The van der Waals surface area contributed by atoms with Crippen LogP contribution in [0, 0.1) is 11.8 Å². The minimum Gasteiger partial charge on any atom is -0.496 e. The van der Waals surface area contributed by atoms with Crippen LogP contribution in [0.15, 0.2) is 36.6 Å². The van der Waals surface area contributed by atoms with Gasteiger partial charge in [0.15, 0.2) is 5.78 Å². The molecule has 1 aromatic rings. The number of rotatable bonds is 4. The highest BCUT2D eigenvalue weighted by atomic mass is 16.5. The number of carbonyl (C=O) groups is 1. The summed E-state index contributed by atoms with van der Waals surface area (Å²) >= 11 is 0. The van der Waals surface area contributed by atoms with Gasteiger partial charge in [-0.2, -0.15) is 0 Å². The second-order valence-corrected chi connectivity index (χ2v) is 8.51. The molecule has 2 saturated carbocycles. The summed E-state index contributed by atoms with van der Waals surface area (Å²) in [5, 5.41) is 10.7. The maximum atomic E-state index is 13.2. The van der Waals surface area contributed by atoms with Crippen molar-refractivity contribution in [2.45, 2.75) is 63.2 Å². The largest absolute Gasteiger partial charge is 0.496 e. The summed E-state index contributed by atoms with van der Waals surface area (Å²) in [4.78, 5) is 15.6. The fourth-order valence-electron chi connectivity index (χ4n) is 5.18. The third kappa shape index (κ3) is 3.83. The molecule has 0 radical (unpaired) electrons. The Labute approximate surface area is 162 Å². The number of hydrogen-bond acceptors (Lipinski definition) is 4. The molecule has 3 aliphatic rings. The van der Waals surface area contributed by atoms with Crippen molar-refractivity contribution >= 4 is 11.4 Å². The molecule has 4 nitrogen and oxygen atoms in total. The predicted octanol–water partition coefficient (Wildman–Crippen LogP) is 3.65. The third-order valence-corrected chi connectivity index (χ3v) is 6.81. The highest BCUT2D eigenvalue weighted by Crippen LogP contribution is 2.40. The molecule has 146 valence electrons. The zero-order chi connectivity index (χ0) is 18.8. The van der Waals surface area contributed by atoms with Crippen LogP contribution in [0.2, 0.25) is 0 Å². The fourth-order valence-corrected chi connectivity index (χ4v) is 5.18. The zero-order valence-corrected chi connectivity index (χ0v) is 16.2. The van der Waals surface area contributed by atoms with Gasteiger partial charge < -0.3 is 14.7 Å². The molecule has 1 heterocycles. The highest BCUT2D eigenvalue weighted by Gasteiger charge is 2.46. The number of nitrogens with zero attached hydrogens (tertiary/aromatic N) is 1. The van der Waals surface area contributed by atoms with Crippen molar-refractivity contribution in [1.29, 1.82) is 0 Å². The van der Waals surface area contributed by atoms with E-state index in [4.69, 9.17) is 4.74 Å². The van der Waals surface area contributed by atoms with E-state index < -0.39 is 6.10 Å². The van der Waals surface area contributed by atoms with E-state index in [1.807, 2.05) is 30.3 Å². The van der Waals surface area contributed by atoms with E-state index in [9.17, 15) is 9.90 Å². The quantitative estimate of drug-likeness (QED) is 0.880. The first kappa shape index (κ1) is 18.7. The number of fused-ring (bicyclic) bond motifs is 1. The molecule has 27 heavy (non-hydrogen) atoms. The number of ether oxygens (including phenoxy) is 1. The Morgan fingerprint density at radius 3 is 2.56 bits per heavy atom. The van der Waals surface area contributed by atoms with E-state index in [0.29, 0.717) is 24.5 Å². The van der Waals surface area contributed by atoms with E-state index in [1.54, 1.807) is 6.26 Å². The normalized spacial score (nSPS) is 32.0. The van der Waals surface area contributed by atoms with Crippen molar-refractivity contribution in [3.63, 3.8) is 0 Å². The number of aliphatic hydroxyl groups excluding tert-OH is 1. The van der Waals surface area contributed by atoms with Crippen molar-refractivity contribution in [3.05, 3.63) is 42.2 Å². The first-order valence-electron chi connectivity index (χ1n) is 10.5. The lowest BCUT2D eigenvalue weighted by Crippen LogP contribution is -2.52. The molecule has 0 aromatic heterocycles. The van der Waals surface area contributed by atoms with Crippen LogP contribution in [0.3, 0.4) is 0 Å². The molecule has 0 spiro atoms. The second kappa shape index (κ2) is 8.15. The van der Waals surface area contributed by atoms with Gasteiger partial charge in [-0.15, -0.1) is 0 Å². The molecule has 0 bridgehead atoms. The standard InChI is InChI=1S/C23H31NO3/c1-24(17-10-6-3-7-11-17)14-19-21(25)13-12-18-22(26)20(15-27-23(18)19)16-8-4-2-5-9-16/h2,4-5,8-9,15,17-19,21,23,25H,3,6-7,10-14H2,1H3. The molecule has 2 aliphatic carbocycles. The summed E-state index contributed by atoms with van der Waals surface area (Å²) in [5.41, 5.74) is 1.59. The van der Waals surface area contributed by atoms with Crippen LogP contribution in [0.5, 0.6) is 0 Å². The molecular weight excluding hydrogens is 338 g/mol. The minimum absolute atomic E-state index is 0.00630. The average molecular weight is 370 g/mol. The summed E-state index contributed by atoms with van der Waals surface area (Å²) in [6.07, 6.45) is 8.85. The van der Waals surface area contributed by atoms with E-state index in [1.165, 1.54) is 32.1 Å². The molecule has 1 aliphatic heterocycles. The Balaban J connectivity index is 1.51. The van der Waals surface area contributed by atoms with Gasteiger partial charge in [0.05, 0.1) is 23.9 Å². The Bertz CT molecular complexity index is 680. The topological polar surface area (TPSA) is 49.8 Å². The number of allylic oxidation sites excluding steroid dienone is 1. The van der Waals surface area contributed by atoms with E-state index in [2.05, 4.69) is 11.9 Å². The van der Waals surface area contributed by atoms with Gasteiger partial charge in [-0.1, -0.05) is 49.6 Å². The van der Waals surface area contributed by atoms with Crippen molar-refractivity contribution in [1.82, 2.24) is 4.90 Å². The first-order valence-corrected chi connectivity index (χ1v) is 10.5. The number of carbonyl (C=O) groups excluding carboxylic acids is 1. The first-order chi connectivity index (χ1) is 13.1. The highest BCUT2D eigenvalue weighted by molar-refractivity contribution is 6.22. The number of hydrogen-bond donors (Lipinski definition) is 1. The van der Waals surface area contributed by atoms with Crippen LogP contribution in [-0.2, 0) is 9.53 Å². The smallest absolute Gasteiger partial charge is 0.173 e. The van der Waals surface area contributed by atoms with Gasteiger partial charge >= 0.3 is 0 Å². The van der Waals surface area contributed by atoms with Crippen molar-refractivity contribution in [2.24, 2.45) is 11.8 Å². The summed E-state index contributed by atoms with van der Waals surface area (Å²) in [7, 11) is 2.17. The van der Waals surface area contributed by atoms with Crippen LogP contribution < -0.4 is 0 Å². The van der Waals surface area contributed by atoms with Gasteiger partial charge in [-0.25, -0.2) is 0 Å². The van der Waals surface area contributed by atoms with Gasteiger partial charge in [0.25, 0.3) is 0 Å². The second-order valence-electron chi connectivity index (χ2n) is 8.51. The van der Waals surface area contributed by atoms with Crippen molar-refractivity contribution in [3.8, 4) is 0 Å². The zero-order valence-electron chi connectivity index (χ0n) is 16.2. The maximum absolute atomic E-state index is 13.2. The molecule has 4 rings (SSSR count). The number of Topliss-reactive ketones (excluding diaryl/α,β-unsaturated/α-hetero) is 1. The monoisotopic (exact) mass is 369 g/mol. The molecule has 0 saturated heterocycles. The molecule has 4 heteroatoms. The summed E-state index contributed by atoms with van der Waals surface area (Å²) in [6, 6.07) is 10.4. The predicted molar refractivity (Wildman–Crippen MR) is 106 cm³/mol. The lowest BCUT2D eigenvalue weighted by atomic mass is 9.72. The Hall–Kier alpha value is -1.65. The van der Waals surface area contributed by atoms with Crippen molar-refractivity contribution in [2.75, 3.05) is 13.6 Å². The lowest BCUT2D eigenvalue weighted by Gasteiger charge is -2.44. The molecule has 4 atom stereocenters. The number of benzene rings is 1. The summed E-state index contributed by atoms with van der Waals surface area (Å²) < 4.78 is 6.12. The molecule has 2 fully saturated rings. The summed E-state index contributed by atoms with van der Waals surface area (Å²) in [5.74, 6) is 0.0289. The Kier molecular flexibility index (Phi) is 5.65. The molecule has 1 aromatic carbocycles. The van der Waals surface area contributed by atoms with Gasteiger partial charge in [-0.05, 0) is 38.3 Å². The minimum atomic E-state index is -0.392. The van der Waals surface area contributed by atoms with E-state index in [-0.39, 0.29) is 23.7 Å². The Morgan fingerprint density at radius 1 is 1.07 bits per heavy atom. The summed E-state index contributed by atoms with van der Waals surface area (Å²) in [6.45, 7) is 0.800. The van der Waals surface area contributed by atoms with Gasteiger partial charge in [0.1, 0.15) is 6.10 Å². The molecule has 0 amide bonds. The van der Waals surface area contributed by atoms with Crippen LogP contribution in [0.4, 0.5) is 0 Å². The molecule has 4 unspecified atom stereocenters. The number of aliphatic hydroxyl groups is 1. The van der Waals surface area contributed by atoms with E-state index in [0.717, 1.165) is 12.1 Å². The maximum Gasteiger partial charge on any atom is 0.173 e. The lowest BCUT2D eigenvalue weighted by molar-refractivity contribution is -0.133. The average Bonchev–Trinajstić information content (AvgIpc) is 2.71. The van der Waals surface area contributed by atoms with Gasteiger partial charge in [0, 0.05) is 18.5 Å². The van der Waals surface area contributed by atoms with Crippen LogP contribution in [0.25, 0.3) is 5.57 Å². The fraction of sp³-hybridized carbons (Fsp3) is 0.609.